The van der Waals surface area contributed by atoms with Crippen LogP contribution in [0.1, 0.15) is 53.3 Å². The van der Waals surface area contributed by atoms with Crippen molar-refractivity contribution in [3.05, 3.63) is 53.6 Å². The van der Waals surface area contributed by atoms with Gasteiger partial charge in [0.15, 0.2) is 23.2 Å². The molecule has 9 nitrogen and oxygen atoms in total. The van der Waals surface area contributed by atoms with E-state index < -0.39 is 30.3 Å². The highest BCUT2D eigenvalue weighted by Crippen LogP contribution is 2.44. The largest absolute Gasteiger partial charge is 0.493 e. The van der Waals surface area contributed by atoms with Crippen LogP contribution in [0.2, 0.25) is 0 Å². The number of carbonyl (C=O) groups is 1. The molecule has 1 aliphatic rings. The van der Waals surface area contributed by atoms with Gasteiger partial charge < -0.3 is 29.6 Å². The van der Waals surface area contributed by atoms with Crippen LogP contribution >= 0.6 is 0 Å². The van der Waals surface area contributed by atoms with Crippen LogP contribution in [0.5, 0.6) is 11.5 Å². The summed E-state index contributed by atoms with van der Waals surface area (Å²) in [6, 6.07) is 4.69. The third-order valence-electron chi connectivity index (χ3n) is 5.56. The molecule has 3 atom stereocenters. The van der Waals surface area contributed by atoms with Gasteiger partial charge >= 0.3 is 6.18 Å². The van der Waals surface area contributed by atoms with Crippen molar-refractivity contribution in [1.29, 1.82) is 0 Å². The molecule has 3 heterocycles. The molecule has 0 unspecified atom stereocenters. The summed E-state index contributed by atoms with van der Waals surface area (Å²) in [5.74, 6) is 0.262. The van der Waals surface area contributed by atoms with Crippen LogP contribution in [0, 0.1) is 0 Å². The number of nitrogens with one attached hydrogen (secondary N) is 2. The van der Waals surface area contributed by atoms with Gasteiger partial charge in [0.25, 0.3) is 5.91 Å². The van der Waals surface area contributed by atoms with Gasteiger partial charge in [-0.3, -0.25) is 4.79 Å². The lowest BCUT2D eigenvalue weighted by Crippen LogP contribution is -2.35. The third kappa shape index (κ3) is 4.40. The zero-order valence-corrected chi connectivity index (χ0v) is 18.5. The minimum absolute atomic E-state index is 0.0307. The van der Waals surface area contributed by atoms with Crippen LogP contribution in [-0.2, 0) is 0 Å². The van der Waals surface area contributed by atoms with E-state index in [2.05, 4.69) is 15.7 Å². The number of rotatable bonds is 6. The summed E-state index contributed by atoms with van der Waals surface area (Å²) in [6.45, 7) is 1.50. The first-order valence-corrected chi connectivity index (χ1v) is 10.3. The average Bonchev–Trinajstić information content (AvgIpc) is 3.47. The summed E-state index contributed by atoms with van der Waals surface area (Å²) in [5.41, 5.74) is 0.305. The van der Waals surface area contributed by atoms with Gasteiger partial charge in [-0.15, -0.1) is 0 Å². The van der Waals surface area contributed by atoms with Crippen LogP contribution in [0.4, 0.5) is 24.7 Å². The molecule has 12 heteroatoms. The van der Waals surface area contributed by atoms with E-state index in [4.69, 9.17) is 13.9 Å². The Kier molecular flexibility index (Phi) is 6.17. The van der Waals surface area contributed by atoms with E-state index in [0.717, 1.165) is 4.68 Å². The molecule has 1 aromatic carbocycles. The number of nitrogens with zero attached hydrogens (tertiary/aromatic N) is 2. The van der Waals surface area contributed by atoms with Crippen molar-refractivity contribution < 1.29 is 37.0 Å². The maximum Gasteiger partial charge on any atom is 0.410 e. The van der Waals surface area contributed by atoms with E-state index in [9.17, 15) is 23.1 Å². The number of hydrogen-bond donors (Lipinski definition) is 3. The number of anilines is 2. The van der Waals surface area contributed by atoms with Crippen molar-refractivity contribution in [2.45, 2.75) is 37.7 Å². The highest BCUT2D eigenvalue weighted by molar-refractivity contribution is 6.04. The maximum absolute atomic E-state index is 13.8. The molecule has 0 aliphatic carbocycles. The Morgan fingerprint density at radius 2 is 2.00 bits per heavy atom. The predicted octanol–water partition coefficient (Wildman–Crippen LogP) is 4.46. The summed E-state index contributed by atoms with van der Waals surface area (Å²) >= 11 is 0. The fraction of sp³-hybridized carbons (Fsp3) is 0.364. The predicted molar refractivity (Wildman–Crippen MR) is 115 cm³/mol. The van der Waals surface area contributed by atoms with E-state index in [-0.39, 0.29) is 23.6 Å². The molecule has 34 heavy (non-hydrogen) atoms. The normalized spacial score (nSPS) is 18.6. The molecular weight excluding hydrogens is 457 g/mol. The van der Waals surface area contributed by atoms with Gasteiger partial charge in [-0.2, -0.15) is 18.3 Å². The Balaban J connectivity index is 1.67. The number of alkyl halides is 3. The third-order valence-corrected chi connectivity index (χ3v) is 5.56. The van der Waals surface area contributed by atoms with Crippen LogP contribution < -0.4 is 20.1 Å². The van der Waals surface area contributed by atoms with Gasteiger partial charge in [-0.05, 0) is 25.1 Å². The Morgan fingerprint density at radius 3 is 2.59 bits per heavy atom. The lowest BCUT2D eigenvalue weighted by molar-refractivity contribution is -0.174. The molecule has 3 N–H and O–H groups in total. The second kappa shape index (κ2) is 8.93. The summed E-state index contributed by atoms with van der Waals surface area (Å²) in [7, 11) is 2.84. The molecular formula is C22H23F3N4O5. The van der Waals surface area contributed by atoms with Gasteiger partial charge in [0.2, 0.25) is 0 Å². The molecule has 182 valence electrons. The molecule has 0 spiro atoms. The Labute approximate surface area is 192 Å². The quantitative estimate of drug-likeness (QED) is 0.478. The number of halogens is 3. The summed E-state index contributed by atoms with van der Waals surface area (Å²) in [6.07, 6.45) is -4.54. The number of hydrogen-bond acceptors (Lipinski definition) is 7. The lowest BCUT2D eigenvalue weighted by Gasteiger charge is -2.32. The molecule has 0 saturated heterocycles. The maximum atomic E-state index is 13.8. The molecule has 2 aromatic heterocycles. The van der Waals surface area contributed by atoms with E-state index in [1.165, 1.54) is 45.6 Å². The monoisotopic (exact) mass is 480 g/mol. The first kappa shape index (κ1) is 23.5. The van der Waals surface area contributed by atoms with E-state index >= 15 is 0 Å². The zero-order chi connectivity index (χ0) is 24.6. The molecule has 4 rings (SSSR count). The molecule has 0 saturated carbocycles. The van der Waals surface area contributed by atoms with Crippen LogP contribution in [-0.4, -0.2) is 41.2 Å². The number of aliphatic hydroxyl groups is 1. The van der Waals surface area contributed by atoms with E-state index in [1.54, 1.807) is 12.1 Å². The van der Waals surface area contributed by atoms with E-state index in [1.807, 2.05) is 0 Å². The number of benzene rings is 1. The average molecular weight is 480 g/mol. The Bertz CT molecular complexity index is 1170. The summed E-state index contributed by atoms with van der Waals surface area (Å²) in [4.78, 5) is 13.0. The first-order valence-electron chi connectivity index (χ1n) is 10.3. The lowest BCUT2D eigenvalue weighted by atomic mass is 10.0. The van der Waals surface area contributed by atoms with Gasteiger partial charge in [-0.1, -0.05) is 0 Å². The second-order valence-corrected chi connectivity index (χ2v) is 7.79. The molecule has 0 bridgehead atoms. The number of methoxy groups -OCH3 is 2. The van der Waals surface area contributed by atoms with Gasteiger partial charge in [-0.25, -0.2) is 4.68 Å². The van der Waals surface area contributed by atoms with Crippen molar-refractivity contribution in [3.63, 3.8) is 0 Å². The molecule has 0 radical (unpaired) electrons. The number of fused-ring (bicyclic) bond motifs is 1. The second-order valence-electron chi connectivity index (χ2n) is 7.79. The highest BCUT2D eigenvalue weighted by Gasteiger charge is 2.47. The number of furan rings is 1. The standard InChI is InChI=1S/C22H23F3N4O5/c1-11(30)12-7-17(32-2)18(33-3)8-13(12)27-21(31)15-10-20-26-14(16-5-4-6-34-16)9-19(22(23,24)25)29(20)28-15/h4-8,10-11,14,19,26,30H,9H2,1-3H3,(H,27,31)/t11-,14-,19-/m0/s1. The van der Waals surface area contributed by atoms with Gasteiger partial charge in [0.1, 0.15) is 11.6 Å². The van der Waals surface area contributed by atoms with E-state index in [0.29, 0.717) is 22.8 Å². The minimum atomic E-state index is -4.59. The molecule has 1 aliphatic heterocycles. The fourth-order valence-corrected chi connectivity index (χ4v) is 3.90. The number of ether oxygens (including phenoxy) is 2. The van der Waals surface area contributed by atoms with Crippen molar-refractivity contribution in [2.24, 2.45) is 0 Å². The van der Waals surface area contributed by atoms with Crippen molar-refractivity contribution in [2.75, 3.05) is 24.9 Å². The summed E-state index contributed by atoms with van der Waals surface area (Å²) < 4.78 is 57.9. The number of amides is 1. The topological polar surface area (TPSA) is 111 Å². The number of aromatic nitrogens is 2. The minimum Gasteiger partial charge on any atom is -0.493 e. The number of carbonyl (C=O) groups excluding carboxylic acids is 1. The Hall–Kier alpha value is -3.67. The van der Waals surface area contributed by atoms with Crippen LogP contribution in [0.3, 0.4) is 0 Å². The molecule has 1 amide bonds. The first-order chi connectivity index (χ1) is 16.1. The smallest absolute Gasteiger partial charge is 0.410 e. The van der Waals surface area contributed by atoms with Crippen molar-refractivity contribution >= 4 is 17.4 Å². The van der Waals surface area contributed by atoms with Crippen LogP contribution in [0.25, 0.3) is 0 Å². The zero-order valence-electron chi connectivity index (χ0n) is 18.5. The van der Waals surface area contributed by atoms with Gasteiger partial charge in [0, 0.05) is 24.1 Å². The van der Waals surface area contributed by atoms with Gasteiger partial charge in [0.05, 0.1) is 38.3 Å². The van der Waals surface area contributed by atoms with Crippen molar-refractivity contribution in [3.8, 4) is 11.5 Å². The van der Waals surface area contributed by atoms with Crippen LogP contribution in [0.15, 0.2) is 41.0 Å². The molecule has 3 aromatic rings. The Morgan fingerprint density at radius 1 is 1.29 bits per heavy atom. The van der Waals surface area contributed by atoms with Crippen molar-refractivity contribution in [1.82, 2.24) is 9.78 Å². The fourth-order valence-electron chi connectivity index (χ4n) is 3.90. The summed E-state index contributed by atoms with van der Waals surface area (Å²) in [5, 5.41) is 19.6. The SMILES string of the molecule is COc1cc(NC(=O)c2cc3n(n2)[C@H](C(F)(F)F)C[C@@H](c2ccco2)N3)c([C@H](C)O)cc1OC. The highest BCUT2D eigenvalue weighted by atomic mass is 19.4. The number of aliphatic hydroxyl groups excluding tert-OH is 1. The molecule has 0 fully saturated rings.